The van der Waals surface area contributed by atoms with Crippen LogP contribution in [0, 0.1) is 5.92 Å². The summed E-state index contributed by atoms with van der Waals surface area (Å²) in [6.45, 7) is 5.23. The maximum atomic E-state index is 11.4. The van der Waals surface area contributed by atoms with E-state index in [4.69, 9.17) is 5.73 Å². The van der Waals surface area contributed by atoms with Gasteiger partial charge in [0.25, 0.3) is 0 Å². The van der Waals surface area contributed by atoms with E-state index in [2.05, 4.69) is 10.1 Å². The molecule has 0 bridgehead atoms. The predicted molar refractivity (Wildman–Crippen MR) is 52.4 cm³/mol. The van der Waals surface area contributed by atoms with Gasteiger partial charge in [-0.1, -0.05) is 13.8 Å². The smallest absolute Gasteiger partial charge is 0.328 e. The summed E-state index contributed by atoms with van der Waals surface area (Å²) in [4.78, 5) is 22.3. The van der Waals surface area contributed by atoms with E-state index >= 15 is 0 Å². The summed E-state index contributed by atoms with van der Waals surface area (Å²) < 4.78 is 4.46. The predicted octanol–water partition coefficient (Wildman–Crippen LogP) is -0.353. The average Bonchev–Trinajstić information content (AvgIpc) is 2.14. The molecule has 2 atom stereocenters. The van der Waals surface area contributed by atoms with Gasteiger partial charge in [0, 0.05) is 0 Å². The van der Waals surface area contributed by atoms with Crippen LogP contribution in [0.1, 0.15) is 20.8 Å². The third-order valence-electron chi connectivity index (χ3n) is 1.93. The van der Waals surface area contributed by atoms with Gasteiger partial charge in [0.2, 0.25) is 5.91 Å². The summed E-state index contributed by atoms with van der Waals surface area (Å²) in [5, 5.41) is 2.47. The van der Waals surface area contributed by atoms with Crippen molar-refractivity contribution >= 4 is 11.9 Å². The molecule has 0 spiro atoms. The molecule has 0 aromatic carbocycles. The van der Waals surface area contributed by atoms with Crippen LogP contribution in [0.2, 0.25) is 0 Å². The number of hydrogen-bond donors (Lipinski definition) is 2. The molecule has 5 nitrogen and oxygen atoms in total. The second-order valence-corrected chi connectivity index (χ2v) is 3.52. The molecule has 0 rings (SSSR count). The van der Waals surface area contributed by atoms with Gasteiger partial charge < -0.3 is 15.8 Å². The van der Waals surface area contributed by atoms with E-state index in [0.717, 1.165) is 0 Å². The van der Waals surface area contributed by atoms with Crippen LogP contribution in [0.3, 0.4) is 0 Å². The van der Waals surface area contributed by atoms with Gasteiger partial charge in [-0.05, 0) is 12.8 Å². The molecule has 0 heterocycles. The van der Waals surface area contributed by atoms with Gasteiger partial charge in [0.1, 0.15) is 6.04 Å². The van der Waals surface area contributed by atoms with Crippen molar-refractivity contribution in [2.75, 3.05) is 7.11 Å². The van der Waals surface area contributed by atoms with Crippen LogP contribution in [0.4, 0.5) is 0 Å². The fourth-order valence-electron chi connectivity index (χ4n) is 0.848. The van der Waals surface area contributed by atoms with E-state index < -0.39 is 18.1 Å². The highest BCUT2D eigenvalue weighted by atomic mass is 16.5. The van der Waals surface area contributed by atoms with Crippen LogP contribution < -0.4 is 11.1 Å². The zero-order valence-corrected chi connectivity index (χ0v) is 9.03. The normalized spacial score (nSPS) is 14.7. The van der Waals surface area contributed by atoms with Crippen molar-refractivity contribution in [1.29, 1.82) is 0 Å². The highest BCUT2D eigenvalue weighted by Crippen LogP contribution is 1.98. The SMILES string of the molecule is COC(=O)C(C)NC(=O)[C@@H](N)C(C)C. The number of ether oxygens (including phenoxy) is 1. The van der Waals surface area contributed by atoms with Gasteiger partial charge in [-0.2, -0.15) is 0 Å². The van der Waals surface area contributed by atoms with Crippen molar-refractivity contribution in [3.63, 3.8) is 0 Å². The maximum Gasteiger partial charge on any atom is 0.328 e. The molecule has 0 fully saturated rings. The van der Waals surface area contributed by atoms with Crippen LogP contribution in [-0.2, 0) is 14.3 Å². The quantitative estimate of drug-likeness (QED) is 0.610. The van der Waals surface area contributed by atoms with Crippen LogP contribution >= 0.6 is 0 Å². The Kier molecular flexibility index (Phi) is 5.15. The first-order valence-corrected chi connectivity index (χ1v) is 4.54. The molecule has 1 amide bonds. The second-order valence-electron chi connectivity index (χ2n) is 3.52. The lowest BCUT2D eigenvalue weighted by atomic mass is 10.0. The van der Waals surface area contributed by atoms with Gasteiger partial charge in [0.15, 0.2) is 0 Å². The molecular weight excluding hydrogens is 184 g/mol. The molecular formula is C9H18N2O3. The number of amides is 1. The van der Waals surface area contributed by atoms with Crippen LogP contribution in [0.5, 0.6) is 0 Å². The molecule has 14 heavy (non-hydrogen) atoms. The van der Waals surface area contributed by atoms with Crippen LogP contribution in [0.15, 0.2) is 0 Å². The highest BCUT2D eigenvalue weighted by molar-refractivity contribution is 5.87. The summed E-state index contributed by atoms with van der Waals surface area (Å²) >= 11 is 0. The first-order valence-electron chi connectivity index (χ1n) is 4.54. The van der Waals surface area contributed by atoms with Crippen LogP contribution in [0.25, 0.3) is 0 Å². The minimum Gasteiger partial charge on any atom is -0.467 e. The summed E-state index contributed by atoms with van der Waals surface area (Å²) in [6.07, 6.45) is 0. The lowest BCUT2D eigenvalue weighted by Crippen LogP contribution is -2.49. The van der Waals surface area contributed by atoms with Crippen molar-refractivity contribution < 1.29 is 14.3 Å². The fourth-order valence-corrected chi connectivity index (χ4v) is 0.848. The van der Waals surface area contributed by atoms with E-state index in [0.29, 0.717) is 0 Å². The lowest BCUT2D eigenvalue weighted by Gasteiger charge is -2.18. The summed E-state index contributed by atoms with van der Waals surface area (Å²) in [6, 6.07) is -1.25. The Hall–Kier alpha value is -1.10. The Morgan fingerprint density at radius 1 is 1.29 bits per heavy atom. The minimum atomic E-state index is -0.655. The Bertz CT molecular complexity index is 216. The van der Waals surface area contributed by atoms with Crippen molar-refractivity contribution in [2.45, 2.75) is 32.9 Å². The van der Waals surface area contributed by atoms with Crippen molar-refractivity contribution in [3.05, 3.63) is 0 Å². The zero-order valence-electron chi connectivity index (χ0n) is 9.03. The maximum absolute atomic E-state index is 11.4. The first kappa shape index (κ1) is 12.9. The second kappa shape index (κ2) is 5.59. The molecule has 5 heteroatoms. The molecule has 1 unspecified atom stereocenters. The highest BCUT2D eigenvalue weighted by Gasteiger charge is 2.22. The average molecular weight is 202 g/mol. The number of nitrogens with two attached hydrogens (primary N) is 1. The minimum absolute atomic E-state index is 0.0415. The molecule has 0 radical (unpaired) electrons. The van der Waals surface area contributed by atoms with E-state index in [-0.39, 0.29) is 11.8 Å². The van der Waals surface area contributed by atoms with Crippen LogP contribution in [-0.4, -0.2) is 31.1 Å². The number of carbonyl (C=O) groups is 2. The topological polar surface area (TPSA) is 81.4 Å². The summed E-state index contributed by atoms with van der Waals surface area (Å²) in [7, 11) is 1.27. The number of methoxy groups -OCH3 is 1. The molecule has 0 aromatic rings. The van der Waals surface area contributed by atoms with E-state index in [1.807, 2.05) is 13.8 Å². The number of hydrogen-bond acceptors (Lipinski definition) is 4. The third-order valence-corrected chi connectivity index (χ3v) is 1.93. The van der Waals surface area contributed by atoms with Crippen molar-refractivity contribution in [2.24, 2.45) is 11.7 Å². The van der Waals surface area contributed by atoms with Crippen molar-refractivity contribution in [3.8, 4) is 0 Å². The first-order chi connectivity index (χ1) is 6.40. The molecule has 0 aliphatic heterocycles. The van der Waals surface area contributed by atoms with Gasteiger partial charge in [-0.3, -0.25) is 4.79 Å². The zero-order chi connectivity index (χ0) is 11.3. The summed E-state index contributed by atoms with van der Waals surface area (Å²) in [5.74, 6) is -0.771. The van der Waals surface area contributed by atoms with Crippen molar-refractivity contribution in [1.82, 2.24) is 5.32 Å². The van der Waals surface area contributed by atoms with E-state index in [1.165, 1.54) is 7.11 Å². The molecule has 3 N–H and O–H groups in total. The van der Waals surface area contributed by atoms with Gasteiger partial charge in [-0.25, -0.2) is 4.79 Å². The van der Waals surface area contributed by atoms with E-state index in [9.17, 15) is 9.59 Å². The summed E-state index contributed by atoms with van der Waals surface area (Å²) in [5.41, 5.74) is 5.59. The monoisotopic (exact) mass is 202 g/mol. The molecule has 0 aromatic heterocycles. The Balaban J connectivity index is 4.12. The fraction of sp³-hybridized carbons (Fsp3) is 0.778. The number of esters is 1. The molecule has 0 saturated carbocycles. The Morgan fingerprint density at radius 2 is 1.79 bits per heavy atom. The molecule has 0 aliphatic rings. The molecule has 0 aliphatic carbocycles. The largest absolute Gasteiger partial charge is 0.467 e. The lowest BCUT2D eigenvalue weighted by molar-refractivity contribution is -0.144. The van der Waals surface area contributed by atoms with Gasteiger partial charge >= 0.3 is 5.97 Å². The standard InChI is InChI=1S/C9H18N2O3/c1-5(2)7(10)8(12)11-6(3)9(13)14-4/h5-7H,10H2,1-4H3,(H,11,12)/t6?,7-/m0/s1. The van der Waals surface area contributed by atoms with E-state index in [1.54, 1.807) is 6.92 Å². The number of carbonyl (C=O) groups excluding carboxylic acids is 2. The molecule has 0 saturated heterocycles. The van der Waals surface area contributed by atoms with Gasteiger partial charge in [-0.15, -0.1) is 0 Å². The van der Waals surface area contributed by atoms with Gasteiger partial charge in [0.05, 0.1) is 13.2 Å². The number of nitrogens with one attached hydrogen (secondary N) is 1. The Morgan fingerprint density at radius 3 is 2.14 bits per heavy atom. The third kappa shape index (κ3) is 3.74. The number of rotatable bonds is 4. The Labute approximate surface area is 84.0 Å². The molecule has 82 valence electrons.